The molecule has 208 valence electrons. The zero-order chi connectivity index (χ0) is 27.6. The van der Waals surface area contributed by atoms with Gasteiger partial charge in [-0.05, 0) is 91.9 Å². The molecule has 0 bridgehead atoms. The van der Waals surface area contributed by atoms with Crippen LogP contribution in [0.15, 0.2) is 66.7 Å². The first-order chi connectivity index (χ1) is 19.4. The zero-order valence-corrected chi connectivity index (χ0v) is 23.3. The van der Waals surface area contributed by atoms with Crippen LogP contribution in [-0.4, -0.2) is 53.5 Å². The van der Waals surface area contributed by atoms with Gasteiger partial charge >= 0.3 is 0 Å². The van der Waals surface area contributed by atoms with Crippen LogP contribution in [0.4, 0.5) is 0 Å². The number of ether oxygens (including phenoxy) is 1. The van der Waals surface area contributed by atoms with Crippen molar-refractivity contribution in [3.8, 4) is 16.9 Å². The molecule has 0 spiro atoms. The maximum atomic E-state index is 13.1. The average Bonchev–Trinajstić information content (AvgIpc) is 3.92. The molecule has 1 saturated heterocycles. The molecule has 2 aliphatic carbocycles. The quantitative estimate of drug-likeness (QED) is 0.225. The molecule has 1 heterocycles. The lowest BCUT2D eigenvalue weighted by atomic mass is 9.99. The number of ketones is 1. The Balaban J connectivity index is 1.14. The maximum absolute atomic E-state index is 13.1. The first-order valence-electron chi connectivity index (χ1n) is 14.4. The van der Waals surface area contributed by atoms with Crippen molar-refractivity contribution in [3.05, 3.63) is 88.4 Å². The third kappa shape index (κ3) is 6.41. The predicted octanol–water partition coefficient (Wildman–Crippen LogP) is 5.92. The first kappa shape index (κ1) is 27.0. The third-order valence-corrected chi connectivity index (χ3v) is 8.41. The molecule has 1 amide bonds. The fraction of sp³-hybridized carbons (Fsp3) is 0.394. The van der Waals surface area contributed by atoms with Gasteiger partial charge in [-0.15, -0.1) is 0 Å². The number of likely N-dealkylation sites (tertiary alicyclic amines) is 1. The van der Waals surface area contributed by atoms with Crippen molar-refractivity contribution >= 4 is 23.3 Å². The fourth-order valence-corrected chi connectivity index (χ4v) is 5.64. The molecule has 2 atom stereocenters. The summed E-state index contributed by atoms with van der Waals surface area (Å²) in [4.78, 5) is 28.5. The smallest absolute Gasteiger partial charge is 0.292 e. The van der Waals surface area contributed by atoms with Crippen LogP contribution in [-0.2, 0) is 4.79 Å². The summed E-state index contributed by atoms with van der Waals surface area (Å²) in [6.45, 7) is 2.23. The monoisotopic (exact) mass is 558 g/mol. The van der Waals surface area contributed by atoms with E-state index in [0.29, 0.717) is 34.4 Å². The van der Waals surface area contributed by atoms with E-state index in [9.17, 15) is 14.7 Å². The van der Waals surface area contributed by atoms with Gasteiger partial charge < -0.3 is 20.1 Å². The maximum Gasteiger partial charge on any atom is 0.292 e. The molecule has 1 aliphatic heterocycles. The van der Waals surface area contributed by atoms with E-state index < -0.39 is 23.8 Å². The molecule has 3 fully saturated rings. The lowest BCUT2D eigenvalue weighted by Gasteiger charge is -2.28. The molecular weight excluding hydrogens is 524 g/mol. The van der Waals surface area contributed by atoms with Crippen LogP contribution in [0.2, 0.25) is 5.02 Å². The summed E-state index contributed by atoms with van der Waals surface area (Å²) < 4.78 is 5.82. The number of hydrogen-bond donors (Lipinski definition) is 2. The van der Waals surface area contributed by atoms with Gasteiger partial charge in [-0.3, -0.25) is 9.59 Å². The number of aliphatic hydroxyl groups excluding tert-OH is 1. The molecule has 2 N–H and O–H groups in total. The highest BCUT2D eigenvalue weighted by atomic mass is 35.5. The molecule has 3 aromatic carbocycles. The number of aliphatic hydroxyl groups is 1. The highest BCUT2D eigenvalue weighted by Crippen LogP contribution is 2.40. The van der Waals surface area contributed by atoms with E-state index in [4.69, 9.17) is 16.3 Å². The number of nitrogens with one attached hydrogen (secondary N) is 1. The highest BCUT2D eigenvalue weighted by molar-refractivity contribution is 6.42. The van der Waals surface area contributed by atoms with Crippen molar-refractivity contribution in [2.75, 3.05) is 19.6 Å². The number of carbonyl (C=O) groups is 2. The molecule has 6 nitrogen and oxygen atoms in total. The van der Waals surface area contributed by atoms with Crippen molar-refractivity contribution < 1.29 is 19.4 Å². The van der Waals surface area contributed by atoms with Crippen molar-refractivity contribution in [2.24, 2.45) is 0 Å². The number of amides is 1. The van der Waals surface area contributed by atoms with Crippen LogP contribution < -0.4 is 10.1 Å². The molecule has 40 heavy (non-hydrogen) atoms. The van der Waals surface area contributed by atoms with E-state index in [0.717, 1.165) is 49.9 Å². The summed E-state index contributed by atoms with van der Waals surface area (Å²) in [5.41, 5.74) is 4.33. The number of nitrogens with zero attached hydrogens (tertiary/aromatic N) is 1. The second-order valence-electron chi connectivity index (χ2n) is 11.3. The van der Waals surface area contributed by atoms with Gasteiger partial charge in [-0.25, -0.2) is 0 Å². The van der Waals surface area contributed by atoms with Gasteiger partial charge in [-0.1, -0.05) is 66.2 Å². The Morgan fingerprint density at radius 1 is 0.925 bits per heavy atom. The fourth-order valence-electron chi connectivity index (χ4n) is 5.41. The lowest BCUT2D eigenvalue weighted by molar-refractivity contribution is -0.118. The molecule has 3 aliphatic rings. The summed E-state index contributed by atoms with van der Waals surface area (Å²) >= 11 is 6.45. The van der Waals surface area contributed by atoms with E-state index in [1.807, 2.05) is 12.1 Å². The number of hydrogen-bond acceptors (Lipinski definition) is 5. The molecular formula is C33H35ClN2O4. The summed E-state index contributed by atoms with van der Waals surface area (Å²) in [6.07, 6.45) is 5.90. The van der Waals surface area contributed by atoms with Crippen molar-refractivity contribution in [1.29, 1.82) is 0 Å². The number of benzene rings is 3. The van der Waals surface area contributed by atoms with Crippen LogP contribution in [0.3, 0.4) is 0 Å². The van der Waals surface area contributed by atoms with Gasteiger partial charge in [0.1, 0.15) is 11.9 Å². The zero-order valence-electron chi connectivity index (χ0n) is 22.5. The minimum atomic E-state index is -1.04. The van der Waals surface area contributed by atoms with Crippen molar-refractivity contribution in [2.45, 2.75) is 62.7 Å². The minimum Gasteiger partial charge on any atom is -0.489 e. The van der Waals surface area contributed by atoms with E-state index in [1.54, 1.807) is 30.3 Å². The van der Waals surface area contributed by atoms with Crippen LogP contribution in [0, 0.1) is 0 Å². The predicted molar refractivity (Wildman–Crippen MR) is 156 cm³/mol. The van der Waals surface area contributed by atoms with Gasteiger partial charge in [0.2, 0.25) is 5.78 Å². The highest BCUT2D eigenvalue weighted by Gasteiger charge is 2.30. The molecule has 7 heteroatoms. The molecule has 3 aromatic rings. The molecule has 0 radical (unpaired) electrons. The van der Waals surface area contributed by atoms with Gasteiger partial charge in [0.05, 0.1) is 17.2 Å². The lowest BCUT2D eigenvalue weighted by Crippen LogP contribution is -2.48. The van der Waals surface area contributed by atoms with E-state index >= 15 is 0 Å². The van der Waals surface area contributed by atoms with Crippen molar-refractivity contribution in [1.82, 2.24) is 10.2 Å². The third-order valence-electron chi connectivity index (χ3n) is 8.11. The minimum absolute atomic E-state index is 0.212. The molecule has 2 saturated carbocycles. The topological polar surface area (TPSA) is 78.9 Å². The van der Waals surface area contributed by atoms with Gasteiger partial charge in [0.15, 0.2) is 0 Å². The van der Waals surface area contributed by atoms with E-state index in [2.05, 4.69) is 34.5 Å². The Kier molecular flexibility index (Phi) is 7.92. The number of halogens is 1. The summed E-state index contributed by atoms with van der Waals surface area (Å²) in [5, 5.41) is 14.6. The van der Waals surface area contributed by atoms with E-state index in [-0.39, 0.29) is 6.10 Å². The normalized spacial score (nSPS) is 18.8. The Morgan fingerprint density at radius 2 is 1.57 bits per heavy atom. The molecule has 0 aromatic heterocycles. The molecule has 6 rings (SSSR count). The molecule has 0 unspecified atom stereocenters. The van der Waals surface area contributed by atoms with Gasteiger partial charge in [0.25, 0.3) is 5.91 Å². The van der Waals surface area contributed by atoms with Crippen LogP contribution in [0.25, 0.3) is 11.1 Å². The Bertz CT molecular complexity index is 1360. The average molecular weight is 559 g/mol. The number of rotatable bonds is 11. The second-order valence-corrected chi connectivity index (χ2v) is 11.7. The second kappa shape index (κ2) is 11.7. The number of Topliss-reactive ketones (excluding diaryl/α,β-unsaturated/α-hetero) is 1. The van der Waals surface area contributed by atoms with E-state index in [1.165, 1.54) is 18.4 Å². The first-order valence-corrected chi connectivity index (χ1v) is 14.7. The largest absolute Gasteiger partial charge is 0.489 e. The Labute approximate surface area is 240 Å². The standard InChI is InChI=1S/C33H35ClN2O4/c34-28-19-26(13-16-30(28)40-27-14-15-27)31(37)29(20-36-17-1-2-18-36)35-33(39)32(38)25-11-9-24(10-12-25)23-7-5-22(6-8-23)21-3-4-21/h5-13,16,19,21,27,29,31,37H,1-4,14-15,17-18,20H2,(H,35,39)/t29-,31-/m1/s1. The van der Waals surface area contributed by atoms with Crippen LogP contribution in [0.5, 0.6) is 5.75 Å². The summed E-state index contributed by atoms with van der Waals surface area (Å²) in [7, 11) is 0. The SMILES string of the molecule is O=C(N[C@H](CN1CCCC1)[C@H](O)c1ccc(OC2CC2)c(Cl)c1)C(=O)c1ccc(-c2ccc(C3CC3)cc2)cc1. The number of carbonyl (C=O) groups excluding carboxylic acids is 2. The van der Waals surface area contributed by atoms with Crippen LogP contribution >= 0.6 is 11.6 Å². The Morgan fingerprint density at radius 3 is 2.17 bits per heavy atom. The van der Waals surface area contributed by atoms with Crippen LogP contribution in [0.1, 0.15) is 72.0 Å². The van der Waals surface area contributed by atoms with Gasteiger partial charge in [-0.2, -0.15) is 0 Å². The summed E-state index contributed by atoms with van der Waals surface area (Å²) in [5.74, 6) is -0.0548. The van der Waals surface area contributed by atoms with Crippen molar-refractivity contribution in [3.63, 3.8) is 0 Å². The Hall–Kier alpha value is -3.19. The van der Waals surface area contributed by atoms with Gasteiger partial charge in [0, 0.05) is 12.1 Å². The summed E-state index contributed by atoms with van der Waals surface area (Å²) in [6, 6.07) is 20.2.